The molecule has 0 saturated carbocycles. The van der Waals surface area contributed by atoms with E-state index < -0.39 is 0 Å². The molecule has 2 aromatic rings. The van der Waals surface area contributed by atoms with Gasteiger partial charge >= 0.3 is 0 Å². The monoisotopic (exact) mass is 233 g/mol. The van der Waals surface area contributed by atoms with E-state index in [1.54, 1.807) is 10.7 Å². The zero-order chi connectivity index (χ0) is 12.1. The highest BCUT2D eigenvalue weighted by molar-refractivity contribution is 5.79. The van der Waals surface area contributed by atoms with Crippen molar-refractivity contribution in [2.45, 2.75) is 6.92 Å². The van der Waals surface area contributed by atoms with Gasteiger partial charge in [-0.25, -0.2) is 4.52 Å². The molecule has 6 nitrogen and oxygen atoms in total. The third kappa shape index (κ3) is 2.42. The Bertz CT molecular complexity index is 508. The first-order chi connectivity index (χ1) is 8.36. The van der Waals surface area contributed by atoms with Gasteiger partial charge in [-0.2, -0.15) is 0 Å². The van der Waals surface area contributed by atoms with Crippen molar-refractivity contribution >= 4 is 17.0 Å². The summed E-state index contributed by atoms with van der Waals surface area (Å²) < 4.78 is 1.65. The molecule has 17 heavy (non-hydrogen) atoms. The van der Waals surface area contributed by atoms with E-state index in [1.807, 2.05) is 25.1 Å². The van der Waals surface area contributed by atoms with Gasteiger partial charge in [-0.15, -0.1) is 10.0 Å². The standard InChI is InChI=1S/C11H15N5O/c1-2-12-6-7-13-11-10(15-17)9-5-3-4-8-16(9)14-11/h3-5,8,12H,2,6-7H2,1H3,(H,13,14). The van der Waals surface area contributed by atoms with Gasteiger partial charge in [-0.1, -0.05) is 13.0 Å². The van der Waals surface area contributed by atoms with Gasteiger partial charge in [-0.05, 0) is 23.9 Å². The van der Waals surface area contributed by atoms with Crippen molar-refractivity contribution in [2.24, 2.45) is 5.18 Å². The maximum absolute atomic E-state index is 10.8. The molecule has 2 heterocycles. The Labute approximate surface area is 99.0 Å². The van der Waals surface area contributed by atoms with Crippen molar-refractivity contribution in [3.05, 3.63) is 29.3 Å². The number of hydrogen-bond acceptors (Lipinski definition) is 5. The fourth-order valence-corrected chi connectivity index (χ4v) is 1.64. The van der Waals surface area contributed by atoms with E-state index in [1.165, 1.54) is 0 Å². The van der Waals surface area contributed by atoms with Crippen LogP contribution in [0.1, 0.15) is 6.92 Å². The smallest absolute Gasteiger partial charge is 0.178 e. The highest BCUT2D eigenvalue weighted by Crippen LogP contribution is 2.28. The minimum absolute atomic E-state index is 0.363. The summed E-state index contributed by atoms with van der Waals surface area (Å²) >= 11 is 0. The zero-order valence-electron chi connectivity index (χ0n) is 9.68. The van der Waals surface area contributed by atoms with E-state index in [0.29, 0.717) is 23.6 Å². The number of nitroso groups, excluding NO2 is 1. The summed E-state index contributed by atoms with van der Waals surface area (Å²) in [4.78, 5) is 10.8. The predicted molar refractivity (Wildman–Crippen MR) is 67.7 cm³/mol. The first-order valence-corrected chi connectivity index (χ1v) is 5.62. The van der Waals surface area contributed by atoms with Gasteiger partial charge in [-0.3, -0.25) is 0 Å². The van der Waals surface area contributed by atoms with Crippen LogP contribution >= 0.6 is 0 Å². The summed E-state index contributed by atoms with van der Waals surface area (Å²) in [5, 5.41) is 13.6. The van der Waals surface area contributed by atoms with Crippen molar-refractivity contribution in [3.8, 4) is 0 Å². The Kier molecular flexibility index (Phi) is 3.66. The molecule has 90 valence electrons. The lowest BCUT2D eigenvalue weighted by Gasteiger charge is -2.02. The van der Waals surface area contributed by atoms with Gasteiger partial charge in [0, 0.05) is 19.3 Å². The van der Waals surface area contributed by atoms with Crippen LogP contribution in [0.4, 0.5) is 11.5 Å². The van der Waals surface area contributed by atoms with Crippen LogP contribution in [0.2, 0.25) is 0 Å². The number of likely N-dealkylation sites (N-methyl/N-ethyl adjacent to an activating group) is 1. The number of fused-ring (bicyclic) bond motifs is 1. The van der Waals surface area contributed by atoms with Gasteiger partial charge in [0.1, 0.15) is 0 Å². The first-order valence-electron chi connectivity index (χ1n) is 5.62. The van der Waals surface area contributed by atoms with E-state index in [4.69, 9.17) is 0 Å². The third-order valence-corrected chi connectivity index (χ3v) is 2.45. The molecule has 0 atom stereocenters. The van der Waals surface area contributed by atoms with E-state index >= 15 is 0 Å². The van der Waals surface area contributed by atoms with Crippen molar-refractivity contribution in [1.29, 1.82) is 0 Å². The van der Waals surface area contributed by atoms with Gasteiger partial charge in [0.25, 0.3) is 0 Å². The number of aromatic nitrogens is 2. The zero-order valence-corrected chi connectivity index (χ0v) is 9.68. The summed E-state index contributed by atoms with van der Waals surface area (Å²) in [5.74, 6) is 0.532. The molecule has 0 amide bonds. The predicted octanol–water partition coefficient (Wildman–Crippen LogP) is 1.75. The molecular formula is C11H15N5O. The number of hydrogen-bond donors (Lipinski definition) is 2. The van der Waals surface area contributed by atoms with Crippen LogP contribution in [0.3, 0.4) is 0 Å². The SMILES string of the molecule is CCNCCNc1nn2ccccc2c1N=O. The van der Waals surface area contributed by atoms with Crippen LogP contribution in [-0.2, 0) is 0 Å². The van der Waals surface area contributed by atoms with Gasteiger partial charge in [0.05, 0.1) is 5.52 Å². The second kappa shape index (κ2) is 5.40. The van der Waals surface area contributed by atoms with Gasteiger partial charge in [0.2, 0.25) is 0 Å². The van der Waals surface area contributed by atoms with E-state index in [-0.39, 0.29) is 0 Å². The first kappa shape index (κ1) is 11.5. The van der Waals surface area contributed by atoms with Gasteiger partial charge < -0.3 is 10.6 Å². The molecule has 0 radical (unpaired) electrons. The maximum atomic E-state index is 10.8. The molecule has 0 saturated heterocycles. The quantitative estimate of drug-likeness (QED) is 0.589. The molecule has 6 heteroatoms. The number of nitrogens with zero attached hydrogens (tertiary/aromatic N) is 3. The highest BCUT2D eigenvalue weighted by atomic mass is 16.3. The van der Waals surface area contributed by atoms with Crippen LogP contribution in [0.15, 0.2) is 29.6 Å². The minimum atomic E-state index is 0.363. The van der Waals surface area contributed by atoms with Crippen molar-refractivity contribution in [1.82, 2.24) is 14.9 Å². The maximum Gasteiger partial charge on any atom is 0.178 e. The topological polar surface area (TPSA) is 70.8 Å². The van der Waals surface area contributed by atoms with Gasteiger partial charge in [0.15, 0.2) is 11.5 Å². The average molecular weight is 233 g/mol. The lowest BCUT2D eigenvalue weighted by molar-refractivity contribution is 0.737. The molecule has 0 fully saturated rings. The van der Waals surface area contributed by atoms with Crippen LogP contribution in [-0.4, -0.2) is 29.2 Å². The fourth-order valence-electron chi connectivity index (χ4n) is 1.64. The minimum Gasteiger partial charge on any atom is -0.365 e. The largest absolute Gasteiger partial charge is 0.365 e. The number of anilines is 1. The molecule has 2 N–H and O–H groups in total. The number of pyridine rings is 1. The molecule has 0 bridgehead atoms. The summed E-state index contributed by atoms with van der Waals surface area (Å²) in [6.07, 6.45) is 1.79. The fraction of sp³-hybridized carbons (Fsp3) is 0.364. The molecule has 2 rings (SSSR count). The normalized spacial score (nSPS) is 10.6. The third-order valence-electron chi connectivity index (χ3n) is 2.45. The van der Waals surface area contributed by atoms with E-state index in [9.17, 15) is 4.91 Å². The van der Waals surface area contributed by atoms with E-state index in [0.717, 1.165) is 13.1 Å². The molecule has 0 aliphatic heterocycles. The summed E-state index contributed by atoms with van der Waals surface area (Å²) in [6, 6.07) is 5.53. The lowest BCUT2D eigenvalue weighted by Crippen LogP contribution is -2.21. The van der Waals surface area contributed by atoms with Crippen molar-refractivity contribution in [2.75, 3.05) is 25.0 Å². The molecule has 0 aromatic carbocycles. The second-order valence-corrected chi connectivity index (χ2v) is 3.60. The molecule has 0 aliphatic carbocycles. The van der Waals surface area contributed by atoms with E-state index in [2.05, 4.69) is 20.9 Å². The Morgan fingerprint density at radius 2 is 2.29 bits per heavy atom. The average Bonchev–Trinajstić information content (AvgIpc) is 2.72. The van der Waals surface area contributed by atoms with Crippen LogP contribution in [0, 0.1) is 4.91 Å². The molecular weight excluding hydrogens is 218 g/mol. The molecule has 0 unspecified atom stereocenters. The summed E-state index contributed by atoms with van der Waals surface area (Å²) in [5.41, 5.74) is 1.08. The number of rotatable bonds is 6. The molecule has 2 aromatic heterocycles. The molecule has 0 aliphatic rings. The lowest BCUT2D eigenvalue weighted by atomic mass is 10.3. The highest BCUT2D eigenvalue weighted by Gasteiger charge is 2.11. The molecule has 0 spiro atoms. The Morgan fingerprint density at radius 1 is 1.41 bits per heavy atom. The Morgan fingerprint density at radius 3 is 3.06 bits per heavy atom. The Hall–Kier alpha value is -1.95. The summed E-state index contributed by atoms with van der Waals surface area (Å²) in [7, 11) is 0. The second-order valence-electron chi connectivity index (χ2n) is 3.60. The number of nitrogens with one attached hydrogen (secondary N) is 2. The van der Waals surface area contributed by atoms with Crippen LogP contribution in [0.25, 0.3) is 5.52 Å². The van der Waals surface area contributed by atoms with Crippen molar-refractivity contribution in [3.63, 3.8) is 0 Å². The summed E-state index contributed by atoms with van der Waals surface area (Å²) in [6.45, 7) is 4.50. The van der Waals surface area contributed by atoms with Crippen LogP contribution < -0.4 is 10.6 Å². The Balaban J connectivity index is 2.18. The van der Waals surface area contributed by atoms with Crippen LogP contribution in [0.5, 0.6) is 0 Å². The van der Waals surface area contributed by atoms with Crippen molar-refractivity contribution < 1.29 is 0 Å².